The highest BCUT2D eigenvalue weighted by Crippen LogP contribution is 2.18. The third kappa shape index (κ3) is 3.08. The van der Waals surface area contributed by atoms with E-state index >= 15 is 0 Å². The molecule has 0 saturated heterocycles. The van der Waals surface area contributed by atoms with E-state index in [0.717, 1.165) is 19.6 Å². The Morgan fingerprint density at radius 1 is 1.06 bits per heavy atom. The minimum absolute atomic E-state index is 0.998. The van der Waals surface area contributed by atoms with Gasteiger partial charge in [0, 0.05) is 36.7 Å². The summed E-state index contributed by atoms with van der Waals surface area (Å²) in [7, 11) is 6.39. The van der Waals surface area contributed by atoms with E-state index in [0.29, 0.717) is 0 Å². The molecule has 0 aliphatic rings. The van der Waals surface area contributed by atoms with Gasteiger partial charge in [0.15, 0.2) is 0 Å². The van der Waals surface area contributed by atoms with Crippen molar-refractivity contribution in [3.05, 3.63) is 36.0 Å². The van der Waals surface area contributed by atoms with Crippen LogP contribution in [0.2, 0.25) is 0 Å². The maximum atomic E-state index is 3.32. The van der Waals surface area contributed by atoms with E-state index in [1.807, 2.05) is 0 Å². The number of nitrogens with zero attached hydrogens (tertiary/aromatic N) is 2. The summed E-state index contributed by atoms with van der Waals surface area (Å²) in [5, 5.41) is 1.34. The van der Waals surface area contributed by atoms with Crippen LogP contribution in [0.15, 0.2) is 30.5 Å². The topological polar surface area (TPSA) is 22.3 Å². The number of aromatic nitrogens is 1. The van der Waals surface area contributed by atoms with Gasteiger partial charge in [-0.25, -0.2) is 0 Å². The van der Waals surface area contributed by atoms with Crippen LogP contribution in [0.1, 0.15) is 5.56 Å². The molecule has 3 heteroatoms. The second kappa shape index (κ2) is 5.34. The molecule has 0 spiro atoms. The van der Waals surface area contributed by atoms with Crippen LogP contribution < -0.4 is 0 Å². The molecular weight excluding hydrogens is 210 g/mol. The molecular formula is C14H21N3. The second-order valence-electron chi connectivity index (χ2n) is 4.90. The zero-order valence-electron chi connectivity index (χ0n) is 10.9. The highest BCUT2D eigenvalue weighted by atomic mass is 15.1. The fraction of sp³-hybridized carbons (Fsp3) is 0.429. The molecule has 17 heavy (non-hydrogen) atoms. The average Bonchev–Trinajstić information content (AvgIpc) is 2.70. The van der Waals surface area contributed by atoms with E-state index in [9.17, 15) is 0 Å². The van der Waals surface area contributed by atoms with Crippen LogP contribution in [0, 0.1) is 0 Å². The van der Waals surface area contributed by atoms with Crippen molar-refractivity contribution in [3.63, 3.8) is 0 Å². The summed E-state index contributed by atoms with van der Waals surface area (Å²) >= 11 is 0. The fourth-order valence-electron chi connectivity index (χ4n) is 2.00. The molecule has 1 heterocycles. The van der Waals surface area contributed by atoms with Gasteiger partial charge in [-0.15, -0.1) is 0 Å². The maximum absolute atomic E-state index is 3.32. The van der Waals surface area contributed by atoms with Gasteiger partial charge in [0.2, 0.25) is 0 Å². The monoisotopic (exact) mass is 231 g/mol. The van der Waals surface area contributed by atoms with E-state index in [4.69, 9.17) is 0 Å². The lowest BCUT2D eigenvalue weighted by Gasteiger charge is -2.18. The molecule has 0 unspecified atom stereocenters. The van der Waals surface area contributed by atoms with Crippen LogP contribution >= 0.6 is 0 Å². The first-order chi connectivity index (χ1) is 8.16. The van der Waals surface area contributed by atoms with Gasteiger partial charge in [-0.2, -0.15) is 0 Å². The van der Waals surface area contributed by atoms with Crippen molar-refractivity contribution in [1.82, 2.24) is 14.8 Å². The van der Waals surface area contributed by atoms with Crippen molar-refractivity contribution in [1.29, 1.82) is 0 Å². The molecule has 1 aromatic carbocycles. The first kappa shape index (κ1) is 12.1. The molecule has 1 aromatic heterocycles. The predicted molar refractivity (Wildman–Crippen MR) is 73.2 cm³/mol. The Bertz CT molecular complexity index is 473. The third-order valence-corrected chi connectivity index (χ3v) is 3.04. The van der Waals surface area contributed by atoms with Crippen LogP contribution in [0.25, 0.3) is 10.9 Å². The molecule has 0 aliphatic carbocycles. The van der Waals surface area contributed by atoms with Gasteiger partial charge in [0.05, 0.1) is 0 Å². The molecule has 0 atom stereocenters. The van der Waals surface area contributed by atoms with Crippen molar-refractivity contribution < 1.29 is 0 Å². The Balaban J connectivity index is 2.03. The van der Waals surface area contributed by atoms with Gasteiger partial charge >= 0.3 is 0 Å². The zero-order chi connectivity index (χ0) is 12.3. The normalized spacial score (nSPS) is 11.8. The Morgan fingerprint density at radius 2 is 1.82 bits per heavy atom. The number of hydrogen-bond acceptors (Lipinski definition) is 2. The Morgan fingerprint density at radius 3 is 2.59 bits per heavy atom. The van der Waals surface area contributed by atoms with Gasteiger partial charge in [-0.05, 0) is 32.8 Å². The molecule has 0 saturated carbocycles. The number of aromatic amines is 1. The summed E-state index contributed by atoms with van der Waals surface area (Å²) in [4.78, 5) is 7.89. The van der Waals surface area contributed by atoms with Crippen LogP contribution in [-0.4, -0.2) is 49.0 Å². The molecule has 92 valence electrons. The molecule has 1 N–H and O–H groups in total. The van der Waals surface area contributed by atoms with Crippen molar-refractivity contribution in [2.45, 2.75) is 6.54 Å². The van der Waals surface area contributed by atoms with E-state index in [2.05, 4.69) is 66.4 Å². The number of hydrogen-bond donors (Lipinski definition) is 1. The number of likely N-dealkylation sites (N-methyl/N-ethyl adjacent to an activating group) is 2. The van der Waals surface area contributed by atoms with Crippen molar-refractivity contribution in [2.24, 2.45) is 0 Å². The smallest absolute Gasteiger partial charge is 0.0457 e. The average molecular weight is 231 g/mol. The molecule has 0 amide bonds. The summed E-state index contributed by atoms with van der Waals surface area (Å²) in [6.07, 6.45) is 2.12. The van der Waals surface area contributed by atoms with E-state index in [1.165, 1.54) is 16.5 Å². The summed E-state index contributed by atoms with van der Waals surface area (Å²) in [6, 6.07) is 8.47. The van der Waals surface area contributed by atoms with Crippen molar-refractivity contribution >= 4 is 10.9 Å². The van der Waals surface area contributed by atoms with Crippen LogP contribution in [0.3, 0.4) is 0 Å². The summed E-state index contributed by atoms with van der Waals surface area (Å²) < 4.78 is 0. The number of fused-ring (bicyclic) bond motifs is 1. The molecule has 0 radical (unpaired) electrons. The number of nitrogens with one attached hydrogen (secondary N) is 1. The number of H-pyrrole nitrogens is 1. The quantitative estimate of drug-likeness (QED) is 0.852. The van der Waals surface area contributed by atoms with Gasteiger partial charge < -0.3 is 14.8 Å². The number of para-hydroxylation sites is 1. The molecule has 0 fully saturated rings. The largest absolute Gasteiger partial charge is 0.361 e. The van der Waals surface area contributed by atoms with Crippen LogP contribution in [0.5, 0.6) is 0 Å². The van der Waals surface area contributed by atoms with Gasteiger partial charge in [-0.1, -0.05) is 18.2 Å². The lowest BCUT2D eigenvalue weighted by molar-refractivity contribution is 0.277. The van der Waals surface area contributed by atoms with Crippen LogP contribution in [-0.2, 0) is 6.54 Å². The first-order valence-corrected chi connectivity index (χ1v) is 6.05. The van der Waals surface area contributed by atoms with E-state index in [-0.39, 0.29) is 0 Å². The van der Waals surface area contributed by atoms with E-state index in [1.54, 1.807) is 0 Å². The maximum Gasteiger partial charge on any atom is 0.0457 e. The Labute approximate surface area is 103 Å². The van der Waals surface area contributed by atoms with E-state index < -0.39 is 0 Å². The predicted octanol–water partition coefficient (Wildman–Crippen LogP) is 2.16. The van der Waals surface area contributed by atoms with Gasteiger partial charge in [0.1, 0.15) is 0 Å². The van der Waals surface area contributed by atoms with Crippen molar-refractivity contribution in [2.75, 3.05) is 34.2 Å². The SMILES string of the molecule is CN(C)CCN(C)Cc1c[nH]c2ccccc12. The fourth-order valence-corrected chi connectivity index (χ4v) is 2.00. The van der Waals surface area contributed by atoms with Crippen molar-refractivity contribution in [3.8, 4) is 0 Å². The summed E-state index contributed by atoms with van der Waals surface area (Å²) in [5.41, 5.74) is 2.60. The minimum Gasteiger partial charge on any atom is -0.361 e. The summed E-state index contributed by atoms with van der Waals surface area (Å²) in [6.45, 7) is 3.18. The first-order valence-electron chi connectivity index (χ1n) is 6.05. The minimum atomic E-state index is 0.998. The lowest BCUT2D eigenvalue weighted by atomic mass is 10.1. The zero-order valence-corrected chi connectivity index (χ0v) is 10.9. The number of benzene rings is 1. The molecule has 0 bridgehead atoms. The highest BCUT2D eigenvalue weighted by Gasteiger charge is 2.06. The van der Waals surface area contributed by atoms with Gasteiger partial charge in [-0.3, -0.25) is 0 Å². The lowest BCUT2D eigenvalue weighted by Crippen LogP contribution is -2.28. The molecule has 0 aliphatic heterocycles. The molecule has 3 nitrogen and oxygen atoms in total. The highest BCUT2D eigenvalue weighted by molar-refractivity contribution is 5.82. The van der Waals surface area contributed by atoms with Crippen LogP contribution in [0.4, 0.5) is 0 Å². The Kier molecular flexibility index (Phi) is 3.82. The van der Waals surface area contributed by atoms with Gasteiger partial charge in [0.25, 0.3) is 0 Å². The number of rotatable bonds is 5. The standard InChI is InChI=1S/C14H21N3/c1-16(2)8-9-17(3)11-12-10-15-14-7-5-4-6-13(12)14/h4-7,10,15H,8-9,11H2,1-3H3. The Hall–Kier alpha value is -1.32. The third-order valence-electron chi connectivity index (χ3n) is 3.04. The second-order valence-corrected chi connectivity index (χ2v) is 4.90. The molecule has 2 aromatic rings. The molecule has 2 rings (SSSR count). The summed E-state index contributed by atoms with van der Waals surface area (Å²) in [5.74, 6) is 0.